The summed E-state index contributed by atoms with van der Waals surface area (Å²) in [7, 11) is 0. The van der Waals surface area contributed by atoms with Crippen LogP contribution in [0.3, 0.4) is 0 Å². The van der Waals surface area contributed by atoms with Crippen LogP contribution in [0.2, 0.25) is 5.15 Å². The van der Waals surface area contributed by atoms with Crippen molar-refractivity contribution in [1.82, 2.24) is 9.97 Å². The summed E-state index contributed by atoms with van der Waals surface area (Å²) < 4.78 is 5.11. The Hall–Kier alpha value is -3.37. The Morgan fingerprint density at radius 2 is 2.10 bits per heavy atom. The fraction of sp³-hybridized carbons (Fsp3) is 0.111. The van der Waals surface area contributed by atoms with Crippen molar-refractivity contribution in [2.24, 2.45) is 0 Å². The highest BCUT2D eigenvalue weighted by Crippen LogP contribution is 2.27. The van der Waals surface area contributed by atoms with Gasteiger partial charge in [0.05, 0.1) is 16.2 Å². The Balaban J connectivity index is 1.65. The number of hydrogen-bond donors (Lipinski definition) is 1. The number of nitro benzene ring substituents is 1. The first kappa shape index (κ1) is 20.4. The van der Waals surface area contributed by atoms with Crippen molar-refractivity contribution >= 4 is 45.6 Å². The second-order valence-corrected chi connectivity index (χ2v) is 6.94. The molecule has 0 saturated carbocycles. The normalized spacial score (nSPS) is 11.5. The molecule has 3 aromatic rings. The molecule has 0 fully saturated rings. The first-order valence-electron chi connectivity index (χ1n) is 8.18. The van der Waals surface area contributed by atoms with E-state index < -0.39 is 22.9 Å². The monoisotopic (exact) mass is 432 g/mol. The average molecular weight is 433 g/mol. The summed E-state index contributed by atoms with van der Waals surface area (Å²) in [6.07, 6.45) is 0.320. The fourth-order valence-electron chi connectivity index (χ4n) is 2.27. The largest absolute Gasteiger partial charge is 0.449 e. The molecule has 29 heavy (non-hydrogen) atoms. The smallest absolute Gasteiger partial charge is 0.342 e. The Bertz CT molecular complexity index is 1090. The molecular formula is C18H13ClN4O5S. The van der Waals surface area contributed by atoms with Crippen LogP contribution < -0.4 is 5.32 Å². The zero-order chi connectivity index (χ0) is 21.0. The van der Waals surface area contributed by atoms with Gasteiger partial charge >= 0.3 is 5.97 Å². The standard InChI is InChI=1S/C18H13ClN4O5S/c1-10(28-17(25)13-6-3-7-20-15(13)19)16(24)22-18-21-14(9-29-18)11-4-2-5-12(8-11)23(26)27/h2-10H,1H3,(H,21,22,24)/t10-/m1/s1. The molecule has 0 radical (unpaired) electrons. The van der Waals surface area contributed by atoms with Gasteiger partial charge in [0, 0.05) is 29.3 Å². The van der Waals surface area contributed by atoms with E-state index >= 15 is 0 Å². The van der Waals surface area contributed by atoms with Crippen LogP contribution >= 0.6 is 22.9 Å². The maximum atomic E-state index is 12.3. The molecule has 1 amide bonds. The number of carbonyl (C=O) groups excluding carboxylic acids is 2. The first-order chi connectivity index (χ1) is 13.8. The predicted molar refractivity (Wildman–Crippen MR) is 107 cm³/mol. The molecule has 0 bridgehead atoms. The highest BCUT2D eigenvalue weighted by Gasteiger charge is 2.22. The van der Waals surface area contributed by atoms with E-state index in [1.807, 2.05) is 0 Å². The van der Waals surface area contributed by atoms with Crippen molar-refractivity contribution in [1.29, 1.82) is 0 Å². The van der Waals surface area contributed by atoms with Gasteiger partial charge in [0.1, 0.15) is 5.15 Å². The number of nitro groups is 1. The fourth-order valence-corrected chi connectivity index (χ4v) is 3.18. The molecule has 0 spiro atoms. The first-order valence-corrected chi connectivity index (χ1v) is 9.43. The lowest BCUT2D eigenvalue weighted by Gasteiger charge is -2.12. The lowest BCUT2D eigenvalue weighted by Crippen LogP contribution is -2.30. The van der Waals surface area contributed by atoms with Crippen LogP contribution in [0.5, 0.6) is 0 Å². The summed E-state index contributed by atoms with van der Waals surface area (Å²) in [6, 6.07) is 8.96. The molecule has 1 atom stereocenters. The van der Waals surface area contributed by atoms with Crippen molar-refractivity contribution < 1.29 is 19.2 Å². The van der Waals surface area contributed by atoms with E-state index in [1.54, 1.807) is 17.5 Å². The van der Waals surface area contributed by atoms with Gasteiger partial charge < -0.3 is 4.74 Å². The molecule has 9 nitrogen and oxygen atoms in total. The molecule has 0 aliphatic heterocycles. The van der Waals surface area contributed by atoms with Crippen molar-refractivity contribution in [3.8, 4) is 11.3 Å². The number of nitrogens with one attached hydrogen (secondary N) is 1. The van der Waals surface area contributed by atoms with Gasteiger partial charge in [-0.25, -0.2) is 14.8 Å². The van der Waals surface area contributed by atoms with E-state index in [2.05, 4.69) is 15.3 Å². The van der Waals surface area contributed by atoms with Crippen LogP contribution in [0.1, 0.15) is 17.3 Å². The SMILES string of the molecule is C[C@@H](OC(=O)c1cccnc1Cl)C(=O)Nc1nc(-c2cccc([N+](=O)[O-])c2)cs1. The van der Waals surface area contributed by atoms with Gasteiger partial charge in [-0.1, -0.05) is 23.7 Å². The molecule has 0 unspecified atom stereocenters. The molecule has 0 aliphatic rings. The third-order valence-corrected chi connectivity index (χ3v) is 4.78. The topological polar surface area (TPSA) is 124 Å². The maximum Gasteiger partial charge on any atom is 0.342 e. The lowest BCUT2D eigenvalue weighted by atomic mass is 10.1. The Morgan fingerprint density at radius 3 is 2.83 bits per heavy atom. The van der Waals surface area contributed by atoms with E-state index in [1.165, 1.54) is 37.4 Å². The van der Waals surface area contributed by atoms with E-state index in [9.17, 15) is 19.7 Å². The van der Waals surface area contributed by atoms with Crippen LogP contribution in [0, 0.1) is 10.1 Å². The second-order valence-electron chi connectivity index (χ2n) is 5.72. The van der Waals surface area contributed by atoms with E-state index in [0.717, 1.165) is 11.3 Å². The number of halogens is 1. The highest BCUT2D eigenvalue weighted by molar-refractivity contribution is 7.14. The second kappa shape index (κ2) is 8.76. The van der Waals surface area contributed by atoms with Gasteiger partial charge in [0.15, 0.2) is 11.2 Å². The number of anilines is 1. The molecule has 3 rings (SSSR count). The Kier molecular flexibility index (Phi) is 6.15. The molecule has 148 valence electrons. The van der Waals surface area contributed by atoms with Crippen LogP contribution in [-0.4, -0.2) is 32.9 Å². The van der Waals surface area contributed by atoms with Crippen molar-refractivity contribution in [3.05, 3.63) is 68.8 Å². The number of ether oxygens (including phenoxy) is 1. The third kappa shape index (κ3) is 4.92. The summed E-state index contributed by atoms with van der Waals surface area (Å²) in [5.74, 6) is -1.36. The summed E-state index contributed by atoms with van der Waals surface area (Å²) >= 11 is 6.98. The minimum atomic E-state index is -1.11. The van der Waals surface area contributed by atoms with Gasteiger partial charge in [-0.3, -0.25) is 20.2 Å². The van der Waals surface area contributed by atoms with E-state index in [-0.39, 0.29) is 21.5 Å². The average Bonchev–Trinajstić information content (AvgIpc) is 3.16. The number of hydrogen-bond acceptors (Lipinski definition) is 8. The van der Waals surface area contributed by atoms with Gasteiger partial charge in [-0.05, 0) is 19.1 Å². The number of thiazole rings is 1. The van der Waals surface area contributed by atoms with Crippen molar-refractivity contribution in [3.63, 3.8) is 0 Å². The molecule has 0 aliphatic carbocycles. The summed E-state index contributed by atoms with van der Waals surface area (Å²) in [5.41, 5.74) is 1.01. The van der Waals surface area contributed by atoms with Gasteiger partial charge in [-0.15, -0.1) is 11.3 Å². The summed E-state index contributed by atoms with van der Waals surface area (Å²) in [4.78, 5) is 42.8. The molecule has 1 N–H and O–H groups in total. The predicted octanol–water partition coefficient (Wildman–Crippen LogP) is 3.95. The van der Waals surface area contributed by atoms with Gasteiger partial charge in [0.2, 0.25) is 0 Å². The zero-order valence-electron chi connectivity index (χ0n) is 14.9. The lowest BCUT2D eigenvalue weighted by molar-refractivity contribution is -0.384. The molecule has 2 aromatic heterocycles. The number of nitrogens with zero attached hydrogens (tertiary/aromatic N) is 3. The van der Waals surface area contributed by atoms with E-state index in [0.29, 0.717) is 11.3 Å². The molecular weight excluding hydrogens is 420 g/mol. The number of esters is 1. The number of rotatable bonds is 6. The quantitative estimate of drug-likeness (QED) is 0.270. The molecule has 0 saturated heterocycles. The van der Waals surface area contributed by atoms with Crippen LogP contribution in [0.4, 0.5) is 10.8 Å². The number of benzene rings is 1. The van der Waals surface area contributed by atoms with Crippen molar-refractivity contribution in [2.45, 2.75) is 13.0 Å². The number of non-ortho nitro benzene ring substituents is 1. The third-order valence-electron chi connectivity index (χ3n) is 3.72. The number of amides is 1. The Labute approximate surface area is 173 Å². The van der Waals surface area contributed by atoms with Gasteiger partial charge in [0.25, 0.3) is 11.6 Å². The molecule has 1 aromatic carbocycles. The number of aromatic nitrogens is 2. The van der Waals surface area contributed by atoms with Crippen LogP contribution in [-0.2, 0) is 9.53 Å². The summed E-state index contributed by atoms with van der Waals surface area (Å²) in [6.45, 7) is 1.41. The zero-order valence-corrected chi connectivity index (χ0v) is 16.4. The molecule has 2 heterocycles. The van der Waals surface area contributed by atoms with Crippen LogP contribution in [0.15, 0.2) is 48.0 Å². The maximum absolute atomic E-state index is 12.3. The number of carbonyl (C=O) groups is 2. The minimum Gasteiger partial charge on any atom is -0.449 e. The van der Waals surface area contributed by atoms with E-state index in [4.69, 9.17) is 16.3 Å². The highest BCUT2D eigenvalue weighted by atomic mass is 35.5. The number of pyridine rings is 1. The van der Waals surface area contributed by atoms with Gasteiger partial charge in [-0.2, -0.15) is 0 Å². The van der Waals surface area contributed by atoms with Crippen molar-refractivity contribution in [2.75, 3.05) is 5.32 Å². The molecule has 11 heteroatoms. The Morgan fingerprint density at radius 1 is 1.31 bits per heavy atom. The van der Waals surface area contributed by atoms with Crippen LogP contribution in [0.25, 0.3) is 11.3 Å². The summed E-state index contributed by atoms with van der Waals surface area (Å²) in [5, 5.41) is 15.3. The minimum absolute atomic E-state index is 0.0216.